The lowest BCUT2D eigenvalue weighted by molar-refractivity contribution is 0.417. The first-order chi connectivity index (χ1) is 17.3. The molecule has 36 heavy (non-hydrogen) atoms. The number of pyridine rings is 1. The third-order valence-corrected chi connectivity index (χ3v) is 7.24. The van der Waals surface area contributed by atoms with Gasteiger partial charge in [0, 0.05) is 23.0 Å². The number of ether oxygens (including phenoxy) is 1. The molecule has 0 saturated heterocycles. The Morgan fingerprint density at radius 1 is 1.11 bits per heavy atom. The molecule has 0 saturated carbocycles. The highest BCUT2D eigenvalue weighted by atomic mass is 32.3. The number of halogens is 1. The third-order valence-electron chi connectivity index (χ3n) is 6.42. The van der Waals surface area contributed by atoms with Gasteiger partial charge in [-0.15, -0.1) is 3.89 Å². The van der Waals surface area contributed by atoms with Crippen molar-refractivity contribution in [2.24, 2.45) is 0 Å². The topological polar surface area (TPSA) is 105 Å². The SMILES string of the molecule is CCCCn1c2cc(-c3cccc(S(=O)(=O)F)c3)c(OC)cc2c(=O)c2c3ccc(C#N)cc3[nH]c21. The standard InChI is InChI=1S/C27H22FN3O4S/c1-3-4-10-31-23-13-20(17-6-5-7-18(12-17)36(28,33)34)24(35-2)14-21(23)26(32)25-19-9-8-16(15-29)11-22(19)30-27(25)31/h5-9,11-14,30H,3-4,10H2,1-2H3. The number of benzene rings is 3. The van der Waals surface area contributed by atoms with Gasteiger partial charge in [-0.3, -0.25) is 4.79 Å². The molecule has 1 N–H and O–H groups in total. The fourth-order valence-corrected chi connectivity index (χ4v) is 5.18. The van der Waals surface area contributed by atoms with Gasteiger partial charge in [0.2, 0.25) is 0 Å². The normalized spacial score (nSPS) is 11.8. The zero-order valence-corrected chi connectivity index (χ0v) is 20.4. The van der Waals surface area contributed by atoms with Crippen molar-refractivity contribution in [1.82, 2.24) is 9.55 Å². The van der Waals surface area contributed by atoms with Crippen molar-refractivity contribution in [3.05, 3.63) is 70.4 Å². The molecule has 0 radical (unpaired) electrons. The Bertz CT molecular complexity index is 1880. The van der Waals surface area contributed by atoms with E-state index in [0.29, 0.717) is 56.4 Å². The van der Waals surface area contributed by atoms with Crippen LogP contribution in [0.15, 0.2) is 64.3 Å². The highest BCUT2D eigenvalue weighted by Crippen LogP contribution is 2.36. The molecule has 0 fully saturated rings. The highest BCUT2D eigenvalue weighted by molar-refractivity contribution is 7.86. The molecule has 0 unspecified atom stereocenters. The largest absolute Gasteiger partial charge is 0.496 e. The van der Waals surface area contributed by atoms with Gasteiger partial charge in [-0.1, -0.05) is 31.5 Å². The minimum Gasteiger partial charge on any atom is -0.496 e. The van der Waals surface area contributed by atoms with Gasteiger partial charge in [-0.2, -0.15) is 13.7 Å². The van der Waals surface area contributed by atoms with Crippen LogP contribution in [0.2, 0.25) is 0 Å². The van der Waals surface area contributed by atoms with Gasteiger partial charge in [0.05, 0.1) is 39.9 Å². The average Bonchev–Trinajstić information content (AvgIpc) is 3.26. The van der Waals surface area contributed by atoms with Crippen LogP contribution in [-0.2, 0) is 16.8 Å². The van der Waals surface area contributed by atoms with Crippen LogP contribution in [0, 0.1) is 11.3 Å². The summed E-state index contributed by atoms with van der Waals surface area (Å²) < 4.78 is 44.3. The van der Waals surface area contributed by atoms with Crippen LogP contribution >= 0.6 is 0 Å². The predicted molar refractivity (Wildman–Crippen MR) is 137 cm³/mol. The fourth-order valence-electron chi connectivity index (χ4n) is 4.67. The molecule has 7 nitrogen and oxygen atoms in total. The number of nitrogens with zero attached hydrogens (tertiary/aromatic N) is 2. The number of methoxy groups -OCH3 is 1. The number of aryl methyl sites for hydroxylation is 1. The third kappa shape index (κ3) is 3.80. The number of H-pyrrole nitrogens is 1. The molecule has 0 atom stereocenters. The summed E-state index contributed by atoms with van der Waals surface area (Å²) in [5, 5.41) is 11.0. The van der Waals surface area contributed by atoms with Gasteiger partial charge in [0.25, 0.3) is 0 Å². The van der Waals surface area contributed by atoms with E-state index in [4.69, 9.17) is 4.74 Å². The molecule has 0 aliphatic carbocycles. The first-order valence-corrected chi connectivity index (χ1v) is 12.8. The lowest BCUT2D eigenvalue weighted by Crippen LogP contribution is -2.12. The number of hydrogen-bond donors (Lipinski definition) is 1. The number of fused-ring (bicyclic) bond motifs is 4. The van der Waals surface area contributed by atoms with E-state index in [1.807, 2.05) is 4.57 Å². The van der Waals surface area contributed by atoms with E-state index in [1.54, 1.807) is 36.4 Å². The minimum absolute atomic E-state index is 0.186. The average molecular weight is 504 g/mol. The minimum atomic E-state index is -4.90. The molecule has 0 amide bonds. The van der Waals surface area contributed by atoms with Crippen molar-refractivity contribution in [2.75, 3.05) is 7.11 Å². The van der Waals surface area contributed by atoms with Crippen molar-refractivity contribution in [2.45, 2.75) is 31.2 Å². The van der Waals surface area contributed by atoms with Crippen LogP contribution in [0.25, 0.3) is 44.0 Å². The number of rotatable bonds is 6. The maximum absolute atomic E-state index is 13.8. The second-order valence-electron chi connectivity index (χ2n) is 8.59. The number of nitriles is 1. The molecular formula is C27H22FN3O4S. The fraction of sp³-hybridized carbons (Fsp3) is 0.185. The summed E-state index contributed by atoms with van der Waals surface area (Å²) in [4.78, 5) is 16.6. The Morgan fingerprint density at radius 3 is 2.61 bits per heavy atom. The van der Waals surface area contributed by atoms with Gasteiger partial charge in [-0.25, -0.2) is 0 Å². The summed E-state index contributed by atoms with van der Waals surface area (Å²) in [7, 11) is -3.43. The van der Waals surface area contributed by atoms with E-state index in [1.165, 1.54) is 25.3 Å². The van der Waals surface area contributed by atoms with Gasteiger partial charge in [-0.05, 0) is 48.4 Å². The van der Waals surface area contributed by atoms with Crippen molar-refractivity contribution in [3.8, 4) is 22.9 Å². The molecule has 0 aliphatic rings. The van der Waals surface area contributed by atoms with Crippen LogP contribution in [0.1, 0.15) is 25.3 Å². The molecule has 0 spiro atoms. The van der Waals surface area contributed by atoms with Crippen LogP contribution < -0.4 is 10.2 Å². The number of nitrogens with one attached hydrogen (secondary N) is 1. The van der Waals surface area contributed by atoms with Crippen LogP contribution in [0.5, 0.6) is 5.75 Å². The molecule has 2 heterocycles. The van der Waals surface area contributed by atoms with E-state index in [-0.39, 0.29) is 5.43 Å². The Labute approximate surface area is 206 Å². The Morgan fingerprint density at radius 2 is 1.92 bits per heavy atom. The predicted octanol–water partition coefficient (Wildman–Crippen LogP) is 5.64. The smallest absolute Gasteiger partial charge is 0.332 e. The van der Waals surface area contributed by atoms with Crippen molar-refractivity contribution in [1.29, 1.82) is 5.26 Å². The van der Waals surface area contributed by atoms with E-state index in [2.05, 4.69) is 18.0 Å². The summed E-state index contributed by atoms with van der Waals surface area (Å²) in [5.74, 6) is 0.362. The number of aromatic nitrogens is 2. The zero-order valence-electron chi connectivity index (χ0n) is 19.6. The van der Waals surface area contributed by atoms with Crippen LogP contribution in [-0.4, -0.2) is 25.1 Å². The van der Waals surface area contributed by atoms with Gasteiger partial charge >= 0.3 is 10.2 Å². The molecule has 9 heteroatoms. The Hall–Kier alpha value is -4.16. The van der Waals surface area contributed by atoms with E-state index < -0.39 is 15.1 Å². The molecule has 0 bridgehead atoms. The molecule has 182 valence electrons. The molecule has 0 aliphatic heterocycles. The summed E-state index contributed by atoms with van der Waals surface area (Å²) >= 11 is 0. The second kappa shape index (κ2) is 8.81. The summed E-state index contributed by atoms with van der Waals surface area (Å²) in [6, 6.07) is 16.3. The van der Waals surface area contributed by atoms with E-state index in [9.17, 15) is 22.4 Å². The first kappa shape index (κ1) is 23.6. The number of aromatic amines is 1. The van der Waals surface area contributed by atoms with Crippen LogP contribution in [0.4, 0.5) is 3.89 Å². The lowest BCUT2D eigenvalue weighted by atomic mass is 10.0. The molecule has 2 aromatic heterocycles. The quantitative estimate of drug-likeness (QED) is 0.302. The maximum atomic E-state index is 13.8. The van der Waals surface area contributed by atoms with Gasteiger partial charge in [0.1, 0.15) is 11.4 Å². The number of unbranched alkanes of at least 4 members (excludes halogenated alkanes) is 1. The maximum Gasteiger partial charge on any atom is 0.332 e. The zero-order chi connectivity index (χ0) is 25.6. The van der Waals surface area contributed by atoms with Gasteiger partial charge in [0.15, 0.2) is 5.43 Å². The summed E-state index contributed by atoms with van der Waals surface area (Å²) in [5.41, 5.74) is 3.24. The molecule has 5 aromatic rings. The van der Waals surface area contributed by atoms with Crippen molar-refractivity contribution >= 4 is 43.1 Å². The van der Waals surface area contributed by atoms with E-state index in [0.717, 1.165) is 18.2 Å². The monoisotopic (exact) mass is 503 g/mol. The molecular weight excluding hydrogens is 481 g/mol. The van der Waals surface area contributed by atoms with Crippen molar-refractivity contribution in [3.63, 3.8) is 0 Å². The Kier molecular flexibility index (Phi) is 5.77. The second-order valence-corrected chi connectivity index (χ2v) is 9.94. The lowest BCUT2D eigenvalue weighted by Gasteiger charge is -2.16. The van der Waals surface area contributed by atoms with Crippen LogP contribution in [0.3, 0.4) is 0 Å². The highest BCUT2D eigenvalue weighted by Gasteiger charge is 2.20. The van der Waals surface area contributed by atoms with E-state index >= 15 is 0 Å². The summed E-state index contributed by atoms with van der Waals surface area (Å²) in [6.07, 6.45) is 1.77. The summed E-state index contributed by atoms with van der Waals surface area (Å²) in [6.45, 7) is 2.69. The molecule has 5 rings (SSSR count). The van der Waals surface area contributed by atoms with Gasteiger partial charge < -0.3 is 14.3 Å². The van der Waals surface area contributed by atoms with Crippen molar-refractivity contribution < 1.29 is 17.0 Å². The number of hydrogen-bond acceptors (Lipinski definition) is 5. The first-order valence-electron chi connectivity index (χ1n) is 11.4. The Balaban J connectivity index is 1.90. The molecule has 3 aromatic carbocycles.